The van der Waals surface area contributed by atoms with Gasteiger partial charge in [0.05, 0.1) is 6.42 Å². The molecule has 0 aliphatic carbocycles. The maximum atomic E-state index is 11.4. The Morgan fingerprint density at radius 2 is 2.15 bits per heavy atom. The molecule has 0 amide bonds. The average molecular weight is 274 g/mol. The van der Waals surface area contributed by atoms with Crippen molar-refractivity contribution in [2.75, 3.05) is 6.61 Å². The summed E-state index contributed by atoms with van der Waals surface area (Å²) in [7, 11) is 0. The van der Waals surface area contributed by atoms with Crippen molar-refractivity contribution in [2.45, 2.75) is 38.8 Å². The van der Waals surface area contributed by atoms with Crippen LogP contribution in [0.2, 0.25) is 0 Å². The smallest absolute Gasteiger partial charge is 0.309 e. The lowest BCUT2D eigenvalue weighted by Crippen LogP contribution is -2.28. The van der Waals surface area contributed by atoms with Crippen molar-refractivity contribution < 1.29 is 19.0 Å². The molecule has 0 spiro atoms. The molecule has 1 aliphatic heterocycles. The van der Waals surface area contributed by atoms with E-state index in [1.165, 1.54) is 0 Å². The third-order valence-electron chi connectivity index (χ3n) is 2.86. The minimum absolute atomic E-state index is 0.214. The third-order valence-corrected chi connectivity index (χ3v) is 2.86. The molecule has 0 saturated carbocycles. The van der Waals surface area contributed by atoms with E-state index in [0.717, 1.165) is 5.56 Å². The van der Waals surface area contributed by atoms with Crippen molar-refractivity contribution in [2.24, 2.45) is 0 Å². The normalized spacial score (nSPS) is 22.8. The van der Waals surface area contributed by atoms with Gasteiger partial charge in [0.15, 0.2) is 12.4 Å². The van der Waals surface area contributed by atoms with Crippen molar-refractivity contribution in [3.8, 4) is 11.8 Å². The summed E-state index contributed by atoms with van der Waals surface area (Å²) in [6.07, 6.45) is -1.07. The molecular weight excluding hydrogens is 256 g/mol. The summed E-state index contributed by atoms with van der Waals surface area (Å²) in [5, 5.41) is 0. The van der Waals surface area contributed by atoms with Gasteiger partial charge in [0, 0.05) is 12.2 Å². The van der Waals surface area contributed by atoms with Crippen LogP contribution in [0.1, 0.15) is 25.8 Å². The number of cyclic esters (lactones) is 1. The molecule has 1 fully saturated rings. The summed E-state index contributed by atoms with van der Waals surface area (Å²) in [4.78, 5) is 11.4. The zero-order chi connectivity index (χ0) is 14.4. The second-order valence-corrected chi connectivity index (χ2v) is 4.45. The Kier molecular flexibility index (Phi) is 5.16. The Bertz CT molecular complexity index is 500. The fraction of sp³-hybridized carbons (Fsp3) is 0.438. The molecule has 1 saturated heterocycles. The van der Waals surface area contributed by atoms with Crippen LogP contribution in [-0.2, 0) is 19.0 Å². The number of rotatable bonds is 4. The summed E-state index contributed by atoms with van der Waals surface area (Å²) in [5.74, 6) is 5.66. The van der Waals surface area contributed by atoms with Crippen LogP contribution in [0, 0.1) is 11.8 Å². The van der Waals surface area contributed by atoms with Crippen LogP contribution in [0.15, 0.2) is 30.3 Å². The third kappa shape index (κ3) is 4.09. The lowest BCUT2D eigenvalue weighted by Gasteiger charge is -2.19. The minimum atomic E-state index is -0.536. The van der Waals surface area contributed by atoms with Gasteiger partial charge in [0.25, 0.3) is 0 Å². The van der Waals surface area contributed by atoms with Gasteiger partial charge < -0.3 is 14.2 Å². The van der Waals surface area contributed by atoms with Crippen molar-refractivity contribution in [1.82, 2.24) is 0 Å². The lowest BCUT2D eigenvalue weighted by atomic mass is 10.1. The predicted molar refractivity (Wildman–Crippen MR) is 73.8 cm³/mol. The van der Waals surface area contributed by atoms with E-state index in [-0.39, 0.29) is 24.8 Å². The maximum Gasteiger partial charge on any atom is 0.309 e. The quantitative estimate of drug-likeness (QED) is 0.479. The van der Waals surface area contributed by atoms with Crippen LogP contribution in [0.3, 0.4) is 0 Å². The number of carbonyl (C=O) groups excluding carboxylic acids is 1. The monoisotopic (exact) mass is 274 g/mol. The second-order valence-electron chi connectivity index (χ2n) is 4.45. The molecule has 1 aliphatic rings. The minimum Gasteiger partial charge on any atom is -0.446 e. The van der Waals surface area contributed by atoms with Crippen LogP contribution >= 0.6 is 0 Å². The van der Waals surface area contributed by atoms with Crippen molar-refractivity contribution in [1.29, 1.82) is 0 Å². The van der Waals surface area contributed by atoms with Gasteiger partial charge in [-0.25, -0.2) is 0 Å². The molecule has 0 radical (unpaired) electrons. The molecule has 106 valence electrons. The molecule has 4 nitrogen and oxygen atoms in total. The maximum absolute atomic E-state index is 11.4. The Morgan fingerprint density at radius 1 is 1.40 bits per heavy atom. The van der Waals surface area contributed by atoms with Crippen LogP contribution < -0.4 is 0 Å². The number of benzene rings is 1. The molecule has 1 aromatic carbocycles. The number of esters is 1. The van der Waals surface area contributed by atoms with Crippen LogP contribution in [0.4, 0.5) is 0 Å². The fourth-order valence-corrected chi connectivity index (χ4v) is 1.97. The number of hydrogen-bond acceptors (Lipinski definition) is 4. The SMILES string of the molecule is CCOC(C)O[C@H]1CC(=O)O[C@@H]1C#Cc1ccccc1. The lowest BCUT2D eigenvalue weighted by molar-refractivity contribution is -0.162. The average Bonchev–Trinajstić information content (AvgIpc) is 2.78. The van der Waals surface area contributed by atoms with Crippen molar-refractivity contribution >= 4 is 5.97 Å². The van der Waals surface area contributed by atoms with Gasteiger partial charge >= 0.3 is 5.97 Å². The highest BCUT2D eigenvalue weighted by molar-refractivity contribution is 5.73. The Morgan fingerprint density at radius 3 is 2.85 bits per heavy atom. The standard InChI is InChI=1S/C16H18O4/c1-3-18-12(2)19-15-11-16(17)20-14(15)10-9-13-7-5-4-6-8-13/h4-8,12,14-15H,3,11H2,1-2H3/t12?,14-,15+/m1/s1. The Balaban J connectivity index is 2.02. The summed E-state index contributed by atoms with van der Waals surface area (Å²) in [6.45, 7) is 4.25. The van der Waals surface area contributed by atoms with Gasteiger partial charge in [-0.15, -0.1) is 0 Å². The van der Waals surface area contributed by atoms with E-state index in [1.807, 2.05) is 37.3 Å². The molecule has 0 bridgehead atoms. The van der Waals surface area contributed by atoms with Gasteiger partial charge in [-0.05, 0) is 26.0 Å². The van der Waals surface area contributed by atoms with Crippen LogP contribution in [0.5, 0.6) is 0 Å². The summed E-state index contributed by atoms with van der Waals surface area (Å²) in [6, 6.07) is 9.56. The Labute approximate surface area is 119 Å². The zero-order valence-electron chi connectivity index (χ0n) is 11.7. The first-order valence-corrected chi connectivity index (χ1v) is 6.72. The Hall–Kier alpha value is -1.83. The van der Waals surface area contributed by atoms with Gasteiger partial charge in [-0.1, -0.05) is 30.0 Å². The molecule has 3 atom stereocenters. The molecular formula is C16H18O4. The molecule has 1 unspecified atom stereocenters. The molecule has 1 aromatic rings. The fourth-order valence-electron chi connectivity index (χ4n) is 1.97. The predicted octanol–water partition coefficient (Wildman–Crippen LogP) is 2.12. The summed E-state index contributed by atoms with van der Waals surface area (Å²) in [5.41, 5.74) is 0.882. The van der Waals surface area contributed by atoms with E-state index in [4.69, 9.17) is 14.2 Å². The first kappa shape index (κ1) is 14.6. The number of carbonyl (C=O) groups is 1. The number of ether oxygens (including phenoxy) is 3. The van der Waals surface area contributed by atoms with E-state index in [0.29, 0.717) is 6.61 Å². The van der Waals surface area contributed by atoms with Gasteiger partial charge in [-0.2, -0.15) is 0 Å². The summed E-state index contributed by atoms with van der Waals surface area (Å²) >= 11 is 0. The zero-order valence-corrected chi connectivity index (χ0v) is 11.7. The molecule has 20 heavy (non-hydrogen) atoms. The van der Waals surface area contributed by atoms with E-state index < -0.39 is 6.10 Å². The van der Waals surface area contributed by atoms with Crippen LogP contribution in [-0.4, -0.2) is 31.1 Å². The molecule has 4 heteroatoms. The largest absolute Gasteiger partial charge is 0.446 e. The molecule has 2 rings (SSSR count). The van der Waals surface area contributed by atoms with E-state index in [1.54, 1.807) is 6.92 Å². The van der Waals surface area contributed by atoms with E-state index >= 15 is 0 Å². The van der Waals surface area contributed by atoms with Crippen molar-refractivity contribution in [3.05, 3.63) is 35.9 Å². The number of hydrogen-bond donors (Lipinski definition) is 0. The van der Waals surface area contributed by atoms with Crippen molar-refractivity contribution in [3.63, 3.8) is 0 Å². The highest BCUT2D eigenvalue weighted by Crippen LogP contribution is 2.20. The highest BCUT2D eigenvalue weighted by Gasteiger charge is 2.35. The second kappa shape index (κ2) is 7.09. The molecule has 0 N–H and O–H groups in total. The summed E-state index contributed by atoms with van der Waals surface area (Å²) < 4.78 is 16.1. The van der Waals surface area contributed by atoms with E-state index in [2.05, 4.69) is 11.8 Å². The van der Waals surface area contributed by atoms with Gasteiger partial charge in [0.2, 0.25) is 0 Å². The van der Waals surface area contributed by atoms with Crippen LogP contribution in [0.25, 0.3) is 0 Å². The first-order valence-electron chi connectivity index (χ1n) is 6.72. The van der Waals surface area contributed by atoms with Gasteiger partial charge in [0.1, 0.15) is 6.10 Å². The topological polar surface area (TPSA) is 44.8 Å². The van der Waals surface area contributed by atoms with E-state index in [9.17, 15) is 4.79 Å². The van der Waals surface area contributed by atoms with Gasteiger partial charge in [-0.3, -0.25) is 4.79 Å². The highest BCUT2D eigenvalue weighted by atomic mass is 16.7. The molecule has 0 aromatic heterocycles. The molecule has 1 heterocycles. The first-order chi connectivity index (χ1) is 9.69.